The molecule has 0 radical (unpaired) electrons. The Bertz CT molecular complexity index is 1050. The van der Waals surface area contributed by atoms with E-state index in [1.165, 1.54) is 16.2 Å². The lowest BCUT2D eigenvalue weighted by molar-refractivity contribution is -0.117. The fraction of sp³-hybridized carbons (Fsp3) is 0.500. The van der Waals surface area contributed by atoms with Crippen molar-refractivity contribution in [1.29, 1.82) is 0 Å². The van der Waals surface area contributed by atoms with Crippen LogP contribution in [0.3, 0.4) is 0 Å². The van der Waals surface area contributed by atoms with Crippen molar-refractivity contribution in [3.63, 3.8) is 0 Å². The molecule has 0 bridgehead atoms. The van der Waals surface area contributed by atoms with Crippen molar-refractivity contribution < 1.29 is 9.59 Å². The molecule has 2 aromatic heterocycles. The number of amides is 2. The first-order chi connectivity index (χ1) is 13.4. The lowest BCUT2D eigenvalue weighted by Gasteiger charge is -2.32. The summed E-state index contributed by atoms with van der Waals surface area (Å²) in [4.78, 5) is 45.8. The maximum Gasteiger partial charge on any atom is 0.287 e. The molecule has 0 saturated heterocycles. The molecule has 0 aromatic carbocycles. The van der Waals surface area contributed by atoms with E-state index in [4.69, 9.17) is 0 Å². The molecule has 2 heterocycles. The third-order valence-corrected chi connectivity index (χ3v) is 7.01. The Balaban J connectivity index is 1.47. The summed E-state index contributed by atoms with van der Waals surface area (Å²) in [5, 5.41) is 6.21. The highest BCUT2D eigenvalue weighted by Gasteiger charge is 2.30. The zero-order chi connectivity index (χ0) is 19.9. The van der Waals surface area contributed by atoms with Crippen LogP contribution in [0.4, 0.5) is 0 Å². The maximum atomic E-state index is 12.6. The number of fused-ring (bicyclic) bond motifs is 3. The first kappa shape index (κ1) is 18.9. The summed E-state index contributed by atoms with van der Waals surface area (Å²) >= 11 is 1.53. The van der Waals surface area contributed by atoms with Crippen molar-refractivity contribution in [2.24, 2.45) is 5.41 Å². The van der Waals surface area contributed by atoms with Gasteiger partial charge in [0.25, 0.3) is 11.5 Å². The molecule has 7 nitrogen and oxygen atoms in total. The molecule has 148 valence electrons. The van der Waals surface area contributed by atoms with Gasteiger partial charge in [-0.05, 0) is 49.5 Å². The molecular weight excluding hydrogens is 376 g/mol. The molecule has 4 rings (SSSR count). The number of aromatic nitrogens is 2. The van der Waals surface area contributed by atoms with E-state index < -0.39 is 0 Å². The number of aryl methyl sites for hydroxylation is 2. The van der Waals surface area contributed by atoms with Crippen molar-refractivity contribution >= 4 is 33.4 Å². The van der Waals surface area contributed by atoms with Crippen molar-refractivity contribution in [2.75, 3.05) is 13.6 Å². The second kappa shape index (κ2) is 7.16. The molecular formula is C20H24N4O3S. The average Bonchev–Trinajstić information content (AvgIpc) is 3.27. The van der Waals surface area contributed by atoms with Gasteiger partial charge in [0.05, 0.1) is 5.39 Å². The van der Waals surface area contributed by atoms with Crippen molar-refractivity contribution in [2.45, 2.75) is 45.4 Å². The zero-order valence-electron chi connectivity index (χ0n) is 16.1. The molecule has 3 N–H and O–H groups in total. The largest absolute Gasteiger partial charge is 0.355 e. The number of carbonyl (C=O) groups excluding carboxylic acids is 2. The van der Waals surface area contributed by atoms with Gasteiger partial charge >= 0.3 is 0 Å². The summed E-state index contributed by atoms with van der Waals surface area (Å²) in [6, 6.07) is 0. The van der Waals surface area contributed by atoms with Gasteiger partial charge in [0.2, 0.25) is 11.7 Å². The molecule has 2 aromatic rings. The average molecular weight is 401 g/mol. The molecule has 0 aliphatic heterocycles. The van der Waals surface area contributed by atoms with Crippen LogP contribution in [0.15, 0.2) is 16.4 Å². The fourth-order valence-electron chi connectivity index (χ4n) is 4.02. The zero-order valence-corrected chi connectivity index (χ0v) is 16.9. The molecule has 0 fully saturated rings. The van der Waals surface area contributed by atoms with E-state index in [0.29, 0.717) is 23.2 Å². The highest BCUT2D eigenvalue weighted by Crippen LogP contribution is 2.35. The van der Waals surface area contributed by atoms with Crippen LogP contribution in [-0.4, -0.2) is 35.4 Å². The number of likely N-dealkylation sites (N-methyl/N-ethyl adjacent to an activating group) is 1. The van der Waals surface area contributed by atoms with E-state index in [2.05, 4.69) is 27.5 Å². The maximum absolute atomic E-state index is 12.6. The van der Waals surface area contributed by atoms with Crippen LogP contribution in [0.2, 0.25) is 0 Å². The monoisotopic (exact) mass is 400 g/mol. The lowest BCUT2D eigenvalue weighted by atomic mass is 9.76. The van der Waals surface area contributed by atoms with E-state index in [-0.39, 0.29) is 28.6 Å². The van der Waals surface area contributed by atoms with E-state index in [1.54, 1.807) is 7.05 Å². The summed E-state index contributed by atoms with van der Waals surface area (Å²) in [7, 11) is 1.63. The van der Waals surface area contributed by atoms with Crippen molar-refractivity contribution in [3.8, 4) is 0 Å². The summed E-state index contributed by atoms with van der Waals surface area (Å²) in [6.45, 7) is 2.56. The summed E-state index contributed by atoms with van der Waals surface area (Å²) in [6.07, 6.45) is 7.15. The molecule has 1 unspecified atom stereocenters. The second-order valence-corrected chi connectivity index (χ2v) is 9.04. The number of hydrogen-bond donors (Lipinski definition) is 3. The molecule has 8 heteroatoms. The van der Waals surface area contributed by atoms with E-state index in [0.717, 1.165) is 43.2 Å². The Morgan fingerprint density at radius 2 is 2.11 bits per heavy atom. The minimum Gasteiger partial charge on any atom is -0.355 e. The summed E-state index contributed by atoms with van der Waals surface area (Å²) in [5.41, 5.74) is 1.56. The summed E-state index contributed by atoms with van der Waals surface area (Å²) in [5.74, 6) is -0.336. The first-order valence-electron chi connectivity index (χ1n) is 9.64. The molecule has 2 amide bonds. The van der Waals surface area contributed by atoms with E-state index in [1.807, 2.05) is 6.08 Å². The fourth-order valence-corrected chi connectivity index (χ4v) is 5.29. The van der Waals surface area contributed by atoms with Crippen LogP contribution in [0.5, 0.6) is 0 Å². The predicted octanol–water partition coefficient (Wildman–Crippen LogP) is 2.07. The van der Waals surface area contributed by atoms with Crippen LogP contribution >= 0.6 is 11.3 Å². The van der Waals surface area contributed by atoms with E-state index >= 15 is 0 Å². The third-order valence-electron chi connectivity index (χ3n) is 5.82. The molecule has 2 aliphatic carbocycles. The lowest BCUT2D eigenvalue weighted by Crippen LogP contribution is -2.38. The molecule has 1 atom stereocenters. The number of thiophene rings is 1. The Hall–Kier alpha value is -2.48. The van der Waals surface area contributed by atoms with Crippen molar-refractivity contribution in [3.05, 3.63) is 38.3 Å². The normalized spacial score (nSPS) is 21.3. The highest BCUT2D eigenvalue weighted by atomic mass is 32.1. The number of H-pyrrole nitrogens is 1. The third kappa shape index (κ3) is 3.37. The highest BCUT2D eigenvalue weighted by molar-refractivity contribution is 7.18. The number of rotatable bonds is 4. The predicted molar refractivity (Wildman–Crippen MR) is 109 cm³/mol. The number of nitrogens with zero attached hydrogens (tertiary/aromatic N) is 1. The number of hydrogen-bond acceptors (Lipinski definition) is 5. The number of nitrogens with one attached hydrogen (secondary N) is 3. The van der Waals surface area contributed by atoms with Gasteiger partial charge in [0.15, 0.2) is 0 Å². The summed E-state index contributed by atoms with van der Waals surface area (Å²) < 4.78 is 0. The number of carbonyl (C=O) groups is 2. The Morgan fingerprint density at radius 1 is 1.29 bits per heavy atom. The van der Waals surface area contributed by atoms with Gasteiger partial charge in [-0.25, -0.2) is 4.98 Å². The van der Waals surface area contributed by atoms with Gasteiger partial charge in [-0.1, -0.05) is 13.0 Å². The topological polar surface area (TPSA) is 104 Å². The Labute approximate surface area is 166 Å². The number of aromatic amines is 1. The first-order valence-corrected chi connectivity index (χ1v) is 10.5. The minimum absolute atomic E-state index is 0.0380. The van der Waals surface area contributed by atoms with Gasteiger partial charge in [0, 0.05) is 24.0 Å². The second-order valence-electron chi connectivity index (χ2n) is 7.96. The van der Waals surface area contributed by atoms with Gasteiger partial charge in [-0.3, -0.25) is 14.4 Å². The molecule has 0 spiro atoms. The van der Waals surface area contributed by atoms with Crippen molar-refractivity contribution in [1.82, 2.24) is 20.6 Å². The van der Waals surface area contributed by atoms with Crippen LogP contribution in [0, 0.1) is 5.41 Å². The quantitative estimate of drug-likeness (QED) is 0.731. The SMILES string of the molecule is CNC(=O)C1=CCC(C)(CNC(=O)c2nc3sc4c(c3c(=O)[nH]2)CCC4)CC1. The molecule has 2 aliphatic rings. The smallest absolute Gasteiger partial charge is 0.287 e. The van der Waals surface area contributed by atoms with Gasteiger partial charge < -0.3 is 15.6 Å². The molecule has 28 heavy (non-hydrogen) atoms. The van der Waals surface area contributed by atoms with Crippen LogP contribution in [-0.2, 0) is 17.6 Å². The van der Waals surface area contributed by atoms with E-state index in [9.17, 15) is 14.4 Å². The van der Waals surface area contributed by atoms with Gasteiger partial charge in [-0.2, -0.15) is 0 Å². The van der Waals surface area contributed by atoms with Crippen LogP contribution in [0.1, 0.15) is 53.7 Å². The van der Waals surface area contributed by atoms with Crippen LogP contribution < -0.4 is 16.2 Å². The van der Waals surface area contributed by atoms with Gasteiger partial charge in [-0.15, -0.1) is 11.3 Å². The Morgan fingerprint density at radius 3 is 2.82 bits per heavy atom. The standard InChI is InChI=1S/C20H24N4O3S/c1-20(8-6-11(7-9-20)16(25)21-2)10-22-18(27)15-23-17(26)14-12-4-3-5-13(12)28-19(14)24-15/h6H,3-5,7-10H2,1-2H3,(H,21,25)(H,22,27)(H,23,24,26). The minimum atomic E-state index is -0.366. The van der Waals surface area contributed by atoms with Crippen LogP contribution in [0.25, 0.3) is 10.2 Å². The Kier molecular flexibility index (Phi) is 4.82. The van der Waals surface area contributed by atoms with Gasteiger partial charge in [0.1, 0.15) is 4.83 Å². The molecule has 0 saturated carbocycles. The number of allylic oxidation sites excluding steroid dienone is 1.